The third-order valence-electron chi connectivity index (χ3n) is 4.90. The third kappa shape index (κ3) is 3.23. The number of hydrogen-bond acceptors (Lipinski definition) is 3. The van der Waals surface area contributed by atoms with Crippen LogP contribution in [0.3, 0.4) is 0 Å². The molecule has 4 rings (SSSR count). The van der Waals surface area contributed by atoms with Gasteiger partial charge in [-0.3, -0.25) is 9.59 Å². The van der Waals surface area contributed by atoms with E-state index in [1.807, 2.05) is 18.2 Å². The van der Waals surface area contributed by atoms with Crippen molar-refractivity contribution in [1.29, 1.82) is 0 Å². The van der Waals surface area contributed by atoms with Gasteiger partial charge in [-0.2, -0.15) is 0 Å². The van der Waals surface area contributed by atoms with Gasteiger partial charge in [-0.15, -0.1) is 0 Å². The topological polar surface area (TPSA) is 85.4 Å². The van der Waals surface area contributed by atoms with Crippen LogP contribution in [-0.4, -0.2) is 34.1 Å². The first-order valence-corrected chi connectivity index (χ1v) is 9.09. The molecule has 0 aliphatic carbocycles. The molecule has 0 spiro atoms. The number of aliphatic hydroxyl groups is 1. The van der Waals surface area contributed by atoms with E-state index in [4.69, 9.17) is 11.6 Å². The van der Waals surface area contributed by atoms with Crippen molar-refractivity contribution in [2.24, 2.45) is 0 Å². The van der Waals surface area contributed by atoms with Gasteiger partial charge in [0.25, 0.3) is 11.8 Å². The van der Waals surface area contributed by atoms with Crippen molar-refractivity contribution in [2.45, 2.75) is 18.6 Å². The molecule has 0 radical (unpaired) electrons. The van der Waals surface area contributed by atoms with E-state index < -0.39 is 23.2 Å². The van der Waals surface area contributed by atoms with E-state index in [0.717, 1.165) is 17.0 Å². The summed E-state index contributed by atoms with van der Waals surface area (Å²) in [5, 5.41) is 14.3. The Kier molecular flexibility index (Phi) is 4.56. The van der Waals surface area contributed by atoms with Crippen molar-refractivity contribution in [1.82, 2.24) is 10.3 Å². The largest absolute Gasteiger partial charge is 0.372 e. The van der Waals surface area contributed by atoms with Gasteiger partial charge in [0.2, 0.25) is 5.60 Å². The molecule has 1 atom stereocenters. The van der Waals surface area contributed by atoms with Crippen molar-refractivity contribution >= 4 is 40.0 Å². The third-order valence-corrected chi connectivity index (χ3v) is 5.11. The van der Waals surface area contributed by atoms with Gasteiger partial charge in [0.15, 0.2) is 0 Å². The number of carbonyl (C=O) groups excluding carboxylic acids is 2. The lowest BCUT2D eigenvalue weighted by Crippen LogP contribution is -2.52. The smallest absolute Gasteiger partial charge is 0.268 e. The number of halogens is 2. The number of hydrogen-bond donors (Lipinski definition) is 3. The van der Waals surface area contributed by atoms with Crippen molar-refractivity contribution in [2.75, 3.05) is 11.4 Å². The Morgan fingerprint density at radius 2 is 2.11 bits per heavy atom. The lowest BCUT2D eigenvalue weighted by atomic mass is 10.0. The first-order valence-electron chi connectivity index (χ1n) is 8.71. The number of fused-ring (bicyclic) bond motifs is 1. The summed E-state index contributed by atoms with van der Waals surface area (Å²) in [4.78, 5) is 29.8. The molecule has 1 unspecified atom stereocenters. The predicted molar refractivity (Wildman–Crippen MR) is 103 cm³/mol. The standard InChI is InChI=1S/C20H17ClFN3O3/c21-14-7-12(8-15(22)10-14)11-24-18(26)20(28)4-6-25(19(20)27)16-1-2-17-13(9-16)3-5-23-17/h1-3,5,7-10,23,28H,4,6,11H2,(H,24,26). The first kappa shape index (κ1) is 18.5. The van der Waals surface area contributed by atoms with Gasteiger partial charge < -0.3 is 20.3 Å². The van der Waals surface area contributed by atoms with E-state index in [0.29, 0.717) is 11.3 Å². The number of carbonyl (C=O) groups is 2. The summed E-state index contributed by atoms with van der Waals surface area (Å²) >= 11 is 5.80. The molecular weight excluding hydrogens is 385 g/mol. The van der Waals surface area contributed by atoms with Gasteiger partial charge >= 0.3 is 0 Å². The van der Waals surface area contributed by atoms with Crippen LogP contribution in [-0.2, 0) is 16.1 Å². The summed E-state index contributed by atoms with van der Waals surface area (Å²) in [6.07, 6.45) is 1.76. The number of H-pyrrole nitrogens is 1. The van der Waals surface area contributed by atoms with Crippen LogP contribution in [0, 0.1) is 5.82 Å². The molecule has 6 nitrogen and oxygen atoms in total. The zero-order chi connectivity index (χ0) is 19.9. The van der Waals surface area contributed by atoms with Crippen LogP contribution in [0.15, 0.2) is 48.7 Å². The molecular formula is C20H17ClFN3O3. The summed E-state index contributed by atoms with van der Waals surface area (Å²) < 4.78 is 13.4. The molecule has 0 saturated carbocycles. The number of amides is 2. The number of nitrogens with zero attached hydrogens (tertiary/aromatic N) is 1. The molecule has 28 heavy (non-hydrogen) atoms. The Morgan fingerprint density at radius 3 is 2.89 bits per heavy atom. The van der Waals surface area contributed by atoms with Gasteiger partial charge in [-0.1, -0.05) is 11.6 Å². The molecule has 1 aromatic heterocycles. The normalized spacial score (nSPS) is 19.4. The van der Waals surface area contributed by atoms with E-state index in [9.17, 15) is 19.1 Å². The maximum absolute atomic E-state index is 13.4. The van der Waals surface area contributed by atoms with Crippen LogP contribution in [0.2, 0.25) is 5.02 Å². The highest BCUT2D eigenvalue weighted by molar-refractivity contribution is 6.30. The molecule has 144 valence electrons. The maximum atomic E-state index is 13.4. The fraction of sp³-hybridized carbons (Fsp3) is 0.200. The monoisotopic (exact) mass is 401 g/mol. The van der Waals surface area contributed by atoms with Crippen LogP contribution in [0.1, 0.15) is 12.0 Å². The van der Waals surface area contributed by atoms with Gasteiger partial charge in [0.1, 0.15) is 5.82 Å². The number of anilines is 1. The van der Waals surface area contributed by atoms with Crippen LogP contribution in [0.4, 0.5) is 10.1 Å². The molecule has 1 aliphatic rings. The molecule has 2 heterocycles. The van der Waals surface area contributed by atoms with Crippen molar-refractivity contribution < 1.29 is 19.1 Å². The average molecular weight is 402 g/mol. The maximum Gasteiger partial charge on any atom is 0.268 e. The lowest BCUT2D eigenvalue weighted by molar-refractivity contribution is -0.149. The van der Waals surface area contributed by atoms with Gasteiger partial charge in [0, 0.05) is 47.3 Å². The number of rotatable bonds is 4. The molecule has 8 heteroatoms. The number of aromatic amines is 1. The summed E-state index contributed by atoms with van der Waals surface area (Å²) in [5.41, 5.74) is -0.193. The molecule has 3 N–H and O–H groups in total. The molecule has 2 amide bonds. The van der Waals surface area contributed by atoms with Crippen LogP contribution < -0.4 is 10.2 Å². The highest BCUT2D eigenvalue weighted by Crippen LogP contribution is 2.30. The first-order chi connectivity index (χ1) is 13.4. The fourth-order valence-corrected chi connectivity index (χ4v) is 3.66. The summed E-state index contributed by atoms with van der Waals surface area (Å²) in [5.74, 6) is -2.03. The second-order valence-corrected chi connectivity index (χ2v) is 7.21. The predicted octanol–water partition coefficient (Wildman–Crippen LogP) is 2.74. The Hall–Kier alpha value is -2.90. The zero-order valence-electron chi connectivity index (χ0n) is 14.7. The molecule has 0 bridgehead atoms. The Labute approximate surface area is 164 Å². The Balaban J connectivity index is 1.49. The van der Waals surface area contributed by atoms with Crippen molar-refractivity contribution in [3.8, 4) is 0 Å². The van der Waals surface area contributed by atoms with E-state index >= 15 is 0 Å². The Morgan fingerprint density at radius 1 is 1.29 bits per heavy atom. The summed E-state index contributed by atoms with van der Waals surface area (Å²) in [6, 6.07) is 11.2. The lowest BCUT2D eigenvalue weighted by Gasteiger charge is -2.22. The minimum Gasteiger partial charge on any atom is -0.372 e. The van der Waals surface area contributed by atoms with E-state index in [1.54, 1.807) is 12.3 Å². The average Bonchev–Trinajstić information content (AvgIpc) is 3.24. The van der Waals surface area contributed by atoms with Crippen LogP contribution >= 0.6 is 11.6 Å². The summed E-state index contributed by atoms with van der Waals surface area (Å²) in [7, 11) is 0. The second-order valence-electron chi connectivity index (χ2n) is 6.78. The number of benzene rings is 2. The van der Waals surface area contributed by atoms with E-state index in [2.05, 4.69) is 10.3 Å². The zero-order valence-corrected chi connectivity index (χ0v) is 15.5. The Bertz CT molecular complexity index is 1060. The van der Waals surface area contributed by atoms with Crippen LogP contribution in [0.25, 0.3) is 10.9 Å². The quantitative estimate of drug-likeness (QED) is 0.588. The van der Waals surface area contributed by atoms with Gasteiger partial charge in [-0.05, 0) is 48.0 Å². The van der Waals surface area contributed by atoms with E-state index in [1.165, 1.54) is 17.0 Å². The fourth-order valence-electron chi connectivity index (χ4n) is 3.41. The SMILES string of the molecule is O=C(NCc1cc(F)cc(Cl)c1)C1(O)CCN(c2ccc3[nH]ccc3c2)C1=O. The number of nitrogens with one attached hydrogen (secondary N) is 2. The highest BCUT2D eigenvalue weighted by atomic mass is 35.5. The minimum absolute atomic E-state index is 0.0350. The molecule has 2 aromatic carbocycles. The van der Waals surface area contributed by atoms with Crippen molar-refractivity contribution in [3.05, 3.63) is 65.1 Å². The second kappa shape index (κ2) is 6.92. The molecule has 1 aliphatic heterocycles. The van der Waals surface area contributed by atoms with Gasteiger partial charge in [0.05, 0.1) is 0 Å². The van der Waals surface area contributed by atoms with Crippen molar-refractivity contribution in [3.63, 3.8) is 0 Å². The molecule has 1 saturated heterocycles. The molecule has 1 fully saturated rings. The number of aromatic nitrogens is 1. The highest BCUT2D eigenvalue weighted by Gasteiger charge is 2.51. The van der Waals surface area contributed by atoms with Crippen LogP contribution in [0.5, 0.6) is 0 Å². The molecule has 3 aromatic rings. The minimum atomic E-state index is -2.16. The van der Waals surface area contributed by atoms with Gasteiger partial charge in [-0.25, -0.2) is 4.39 Å². The summed E-state index contributed by atoms with van der Waals surface area (Å²) in [6.45, 7) is 0.158. The van der Waals surface area contributed by atoms with E-state index in [-0.39, 0.29) is 24.5 Å².